The zero-order valence-corrected chi connectivity index (χ0v) is 13.2. The third-order valence-electron chi connectivity index (χ3n) is 2.70. The molecule has 0 radical (unpaired) electrons. The molecule has 0 fully saturated rings. The van der Waals surface area contributed by atoms with Crippen molar-refractivity contribution in [2.24, 2.45) is 0 Å². The van der Waals surface area contributed by atoms with Crippen molar-refractivity contribution in [3.05, 3.63) is 52.8 Å². The highest BCUT2D eigenvalue weighted by Crippen LogP contribution is 2.15. The van der Waals surface area contributed by atoms with Gasteiger partial charge in [-0.1, -0.05) is 0 Å². The van der Waals surface area contributed by atoms with Crippen molar-refractivity contribution in [3.8, 4) is 0 Å². The normalized spacial score (nSPS) is 10.2. The summed E-state index contributed by atoms with van der Waals surface area (Å²) in [7, 11) is 1.49. The molecule has 110 valence electrons. The Kier molecular flexibility index (Phi) is 5.71. The zero-order chi connectivity index (χ0) is 15.1. The van der Waals surface area contributed by atoms with Gasteiger partial charge in [-0.25, -0.2) is 0 Å². The second-order valence-electron chi connectivity index (χ2n) is 4.42. The Morgan fingerprint density at radius 2 is 1.95 bits per heavy atom. The lowest BCUT2D eigenvalue weighted by Gasteiger charge is -2.08. The van der Waals surface area contributed by atoms with Crippen LogP contribution in [0.5, 0.6) is 0 Å². The van der Waals surface area contributed by atoms with E-state index >= 15 is 0 Å². The van der Waals surface area contributed by atoms with Crippen molar-refractivity contribution in [1.29, 1.82) is 0 Å². The van der Waals surface area contributed by atoms with Crippen LogP contribution in [0.1, 0.15) is 5.56 Å². The van der Waals surface area contributed by atoms with Crippen LogP contribution in [0.15, 0.2) is 47.2 Å². The number of hydrogen-bond donors (Lipinski definition) is 2. The minimum absolute atomic E-state index is 0.0515. The number of carbonyl (C=O) groups excluding carboxylic acids is 1. The molecule has 2 aromatic rings. The van der Waals surface area contributed by atoms with Gasteiger partial charge in [0, 0.05) is 41.9 Å². The first-order valence-corrected chi connectivity index (χ1v) is 7.19. The fraction of sp³-hybridized carbons (Fsp3) is 0.200. The molecule has 0 bridgehead atoms. The average molecular weight is 350 g/mol. The number of hydrogen-bond acceptors (Lipinski definition) is 4. The van der Waals surface area contributed by atoms with Gasteiger partial charge in [-0.2, -0.15) is 0 Å². The van der Waals surface area contributed by atoms with E-state index in [1.807, 2.05) is 36.5 Å². The summed E-state index contributed by atoms with van der Waals surface area (Å²) < 4.78 is 5.72. The third-order valence-corrected chi connectivity index (χ3v) is 3.14. The smallest absolute Gasteiger partial charge is 0.250 e. The minimum atomic E-state index is -0.168. The summed E-state index contributed by atoms with van der Waals surface area (Å²) in [5.74, 6) is -0.168. The molecule has 0 aliphatic rings. The highest BCUT2D eigenvalue weighted by Gasteiger charge is 2.01. The van der Waals surface area contributed by atoms with E-state index in [0.717, 1.165) is 21.4 Å². The first kappa shape index (κ1) is 15.5. The maximum absolute atomic E-state index is 11.4. The van der Waals surface area contributed by atoms with E-state index in [9.17, 15) is 4.79 Å². The van der Waals surface area contributed by atoms with E-state index in [2.05, 4.69) is 31.5 Å². The quantitative estimate of drug-likeness (QED) is 0.841. The van der Waals surface area contributed by atoms with Crippen LogP contribution in [-0.2, 0) is 16.1 Å². The number of carbonyl (C=O) groups is 1. The molecule has 2 rings (SSSR count). The molecule has 1 aromatic heterocycles. The number of nitrogens with zero attached hydrogens (tertiary/aromatic N) is 1. The van der Waals surface area contributed by atoms with Gasteiger partial charge >= 0.3 is 0 Å². The molecule has 21 heavy (non-hydrogen) atoms. The summed E-state index contributed by atoms with van der Waals surface area (Å²) in [5.41, 5.74) is 2.80. The SMILES string of the molecule is COCC(=O)Nc1ccc(NCc2cncc(Br)c2)cc1. The number of aromatic nitrogens is 1. The van der Waals surface area contributed by atoms with Gasteiger partial charge in [-0.15, -0.1) is 0 Å². The lowest BCUT2D eigenvalue weighted by atomic mass is 10.2. The Bertz CT molecular complexity index is 602. The van der Waals surface area contributed by atoms with Crippen LogP contribution in [0.4, 0.5) is 11.4 Å². The molecule has 0 saturated carbocycles. The Morgan fingerprint density at radius 1 is 1.24 bits per heavy atom. The molecule has 0 aliphatic heterocycles. The summed E-state index contributed by atoms with van der Waals surface area (Å²) in [6.45, 7) is 0.734. The molecule has 1 heterocycles. The van der Waals surface area contributed by atoms with Gasteiger partial charge in [0.05, 0.1) is 0 Å². The number of halogens is 1. The maximum Gasteiger partial charge on any atom is 0.250 e. The van der Waals surface area contributed by atoms with Gasteiger partial charge in [0.1, 0.15) is 6.61 Å². The van der Waals surface area contributed by atoms with Crippen LogP contribution < -0.4 is 10.6 Å². The predicted molar refractivity (Wildman–Crippen MR) is 86.2 cm³/mol. The van der Waals surface area contributed by atoms with Gasteiger partial charge in [-0.05, 0) is 51.8 Å². The topological polar surface area (TPSA) is 63.2 Å². The molecule has 2 N–H and O–H groups in total. The van der Waals surface area contributed by atoms with E-state index in [-0.39, 0.29) is 12.5 Å². The average Bonchev–Trinajstić information content (AvgIpc) is 2.47. The summed E-state index contributed by atoms with van der Waals surface area (Å²) >= 11 is 3.39. The monoisotopic (exact) mass is 349 g/mol. The van der Waals surface area contributed by atoms with Crippen molar-refractivity contribution >= 4 is 33.2 Å². The molecule has 0 atom stereocenters. The third kappa shape index (κ3) is 5.17. The Hall–Kier alpha value is -1.92. The molecule has 5 nitrogen and oxygen atoms in total. The summed E-state index contributed by atoms with van der Waals surface area (Å²) in [6.07, 6.45) is 3.57. The van der Waals surface area contributed by atoms with Gasteiger partial charge in [0.25, 0.3) is 0 Å². The Balaban J connectivity index is 1.89. The number of pyridine rings is 1. The number of ether oxygens (including phenoxy) is 1. The first-order valence-electron chi connectivity index (χ1n) is 6.39. The van der Waals surface area contributed by atoms with Crippen LogP contribution in [0.2, 0.25) is 0 Å². The second kappa shape index (κ2) is 7.75. The van der Waals surface area contributed by atoms with Crippen LogP contribution in [0.3, 0.4) is 0 Å². The molecule has 0 spiro atoms. The molecule has 0 saturated heterocycles. The maximum atomic E-state index is 11.4. The van der Waals surface area contributed by atoms with Crippen LogP contribution in [0, 0.1) is 0 Å². The van der Waals surface area contributed by atoms with E-state index in [0.29, 0.717) is 6.54 Å². The number of methoxy groups -OCH3 is 1. The van der Waals surface area contributed by atoms with Crippen molar-refractivity contribution in [1.82, 2.24) is 4.98 Å². The number of nitrogens with one attached hydrogen (secondary N) is 2. The number of rotatable bonds is 6. The summed E-state index contributed by atoms with van der Waals surface area (Å²) in [5, 5.41) is 6.04. The largest absolute Gasteiger partial charge is 0.381 e. The Labute approximate surface area is 131 Å². The van der Waals surface area contributed by atoms with E-state index in [1.54, 1.807) is 6.20 Å². The van der Waals surface area contributed by atoms with Crippen molar-refractivity contribution in [3.63, 3.8) is 0 Å². The highest BCUT2D eigenvalue weighted by molar-refractivity contribution is 9.10. The molecule has 0 unspecified atom stereocenters. The molecule has 0 aliphatic carbocycles. The molecule has 6 heteroatoms. The molecular weight excluding hydrogens is 334 g/mol. The first-order chi connectivity index (χ1) is 10.2. The Morgan fingerprint density at radius 3 is 2.62 bits per heavy atom. The van der Waals surface area contributed by atoms with E-state index < -0.39 is 0 Å². The zero-order valence-electron chi connectivity index (χ0n) is 11.6. The number of anilines is 2. The van der Waals surface area contributed by atoms with E-state index in [4.69, 9.17) is 4.74 Å². The minimum Gasteiger partial charge on any atom is -0.381 e. The highest BCUT2D eigenvalue weighted by atomic mass is 79.9. The van der Waals surface area contributed by atoms with E-state index in [1.165, 1.54) is 7.11 Å². The molecule has 1 amide bonds. The lowest BCUT2D eigenvalue weighted by molar-refractivity contribution is -0.119. The van der Waals surface area contributed by atoms with Crippen LogP contribution in [-0.4, -0.2) is 24.6 Å². The van der Waals surface area contributed by atoms with Gasteiger partial charge in [0.15, 0.2) is 0 Å². The van der Waals surface area contributed by atoms with Gasteiger partial charge in [0.2, 0.25) is 5.91 Å². The number of benzene rings is 1. The van der Waals surface area contributed by atoms with Crippen molar-refractivity contribution in [2.75, 3.05) is 24.4 Å². The van der Waals surface area contributed by atoms with Gasteiger partial charge < -0.3 is 15.4 Å². The summed E-state index contributed by atoms with van der Waals surface area (Å²) in [4.78, 5) is 15.5. The second-order valence-corrected chi connectivity index (χ2v) is 5.34. The van der Waals surface area contributed by atoms with Crippen molar-refractivity contribution in [2.45, 2.75) is 6.54 Å². The summed E-state index contributed by atoms with van der Waals surface area (Å²) in [6, 6.07) is 9.52. The predicted octanol–water partition coefficient (Wildman–Crippen LogP) is 3.04. The number of amides is 1. The molecule has 1 aromatic carbocycles. The van der Waals surface area contributed by atoms with Crippen molar-refractivity contribution < 1.29 is 9.53 Å². The van der Waals surface area contributed by atoms with Gasteiger partial charge in [-0.3, -0.25) is 9.78 Å². The fourth-order valence-corrected chi connectivity index (χ4v) is 2.17. The fourth-order valence-electron chi connectivity index (χ4n) is 1.76. The lowest BCUT2D eigenvalue weighted by Crippen LogP contribution is -2.16. The standard InChI is InChI=1S/C15H16BrN3O2/c1-21-10-15(20)19-14-4-2-13(3-5-14)18-8-11-6-12(16)9-17-7-11/h2-7,9,18H,8,10H2,1H3,(H,19,20). The molecular formula is C15H16BrN3O2. The van der Waals surface area contributed by atoms with Crippen LogP contribution >= 0.6 is 15.9 Å². The van der Waals surface area contributed by atoms with Crippen LogP contribution in [0.25, 0.3) is 0 Å².